The van der Waals surface area contributed by atoms with Crippen LogP contribution >= 0.6 is 11.6 Å². The summed E-state index contributed by atoms with van der Waals surface area (Å²) in [4.78, 5) is 0. The minimum Gasteiger partial charge on any atom is -0.323 e. The third-order valence-corrected chi connectivity index (χ3v) is 2.20. The second-order valence-electron chi connectivity index (χ2n) is 2.87. The Hall–Kier alpha value is -1.04. The van der Waals surface area contributed by atoms with Crippen LogP contribution in [0.25, 0.3) is 0 Å². The highest BCUT2D eigenvalue weighted by atomic mass is 35.5. The molecule has 0 fully saturated rings. The molecule has 0 amide bonds. The van der Waals surface area contributed by atoms with Crippen molar-refractivity contribution in [2.45, 2.75) is 19.4 Å². The van der Waals surface area contributed by atoms with E-state index in [1.165, 1.54) is 6.07 Å². The maximum atomic E-state index is 13.3. The lowest BCUT2D eigenvalue weighted by atomic mass is 10.0. The first kappa shape index (κ1) is 11.0. The molecular weight excluding hydrogens is 201 g/mol. The Kier molecular flexibility index (Phi) is 3.94. The molecule has 0 aliphatic carbocycles. The van der Waals surface area contributed by atoms with Gasteiger partial charge in [-0.3, -0.25) is 0 Å². The lowest BCUT2D eigenvalue weighted by Gasteiger charge is -2.11. The zero-order valence-corrected chi connectivity index (χ0v) is 8.61. The second-order valence-corrected chi connectivity index (χ2v) is 3.28. The van der Waals surface area contributed by atoms with Crippen LogP contribution in [0.3, 0.4) is 0 Å². The summed E-state index contributed by atoms with van der Waals surface area (Å²) in [5.41, 5.74) is 6.10. The van der Waals surface area contributed by atoms with Crippen LogP contribution in [0.4, 0.5) is 4.39 Å². The van der Waals surface area contributed by atoms with Gasteiger partial charge in [-0.2, -0.15) is 0 Å². The molecule has 0 saturated carbocycles. The van der Waals surface area contributed by atoms with E-state index in [0.717, 1.165) is 0 Å². The third-order valence-electron chi connectivity index (χ3n) is 1.87. The van der Waals surface area contributed by atoms with Crippen LogP contribution in [-0.4, -0.2) is 0 Å². The molecule has 0 aliphatic heterocycles. The molecule has 74 valence electrons. The van der Waals surface area contributed by atoms with Crippen molar-refractivity contribution in [3.63, 3.8) is 0 Å². The van der Waals surface area contributed by atoms with Gasteiger partial charge in [0.25, 0.3) is 0 Å². The summed E-state index contributed by atoms with van der Waals surface area (Å²) in [6.45, 7) is 1.72. The fourth-order valence-corrected chi connectivity index (χ4v) is 1.48. The van der Waals surface area contributed by atoms with Crippen LogP contribution in [0, 0.1) is 17.7 Å². The summed E-state index contributed by atoms with van der Waals surface area (Å²) < 4.78 is 13.3. The van der Waals surface area contributed by atoms with Gasteiger partial charge >= 0.3 is 0 Å². The summed E-state index contributed by atoms with van der Waals surface area (Å²) in [6, 6.07) is 4.06. The zero-order chi connectivity index (χ0) is 10.6. The van der Waals surface area contributed by atoms with E-state index < -0.39 is 6.04 Å². The van der Waals surface area contributed by atoms with Crippen molar-refractivity contribution in [1.29, 1.82) is 0 Å². The molecule has 1 unspecified atom stereocenters. The van der Waals surface area contributed by atoms with E-state index in [9.17, 15) is 4.39 Å². The van der Waals surface area contributed by atoms with Crippen molar-refractivity contribution >= 4 is 11.6 Å². The number of nitrogens with two attached hydrogens (primary N) is 1. The molecule has 1 aromatic rings. The molecule has 0 spiro atoms. The number of rotatable bonds is 2. The predicted molar refractivity (Wildman–Crippen MR) is 56.4 cm³/mol. The highest BCUT2D eigenvalue weighted by molar-refractivity contribution is 6.31. The lowest BCUT2D eigenvalue weighted by molar-refractivity contribution is 0.585. The summed E-state index contributed by atoms with van der Waals surface area (Å²) in [7, 11) is 0. The summed E-state index contributed by atoms with van der Waals surface area (Å²) >= 11 is 5.84. The summed E-state index contributed by atoms with van der Waals surface area (Å²) in [5.74, 6) is 5.14. The number of benzene rings is 1. The van der Waals surface area contributed by atoms with Crippen molar-refractivity contribution in [3.8, 4) is 11.8 Å². The lowest BCUT2D eigenvalue weighted by Crippen LogP contribution is -2.11. The van der Waals surface area contributed by atoms with Gasteiger partial charge in [-0.25, -0.2) is 4.39 Å². The van der Waals surface area contributed by atoms with Crippen LogP contribution in [0.5, 0.6) is 0 Å². The highest BCUT2D eigenvalue weighted by Crippen LogP contribution is 2.25. The van der Waals surface area contributed by atoms with E-state index in [4.69, 9.17) is 17.3 Å². The normalized spacial score (nSPS) is 11.7. The minimum absolute atomic E-state index is 0.344. The molecule has 0 radical (unpaired) electrons. The molecule has 0 heterocycles. The molecule has 1 rings (SSSR count). The van der Waals surface area contributed by atoms with Gasteiger partial charge in [0, 0.05) is 23.0 Å². The SMILES string of the molecule is CC#CCC(N)c1c(F)cccc1Cl. The smallest absolute Gasteiger partial charge is 0.129 e. The summed E-state index contributed by atoms with van der Waals surface area (Å²) in [5, 5.41) is 0.357. The van der Waals surface area contributed by atoms with Gasteiger partial charge in [0.05, 0.1) is 0 Å². The third kappa shape index (κ3) is 2.47. The molecule has 1 nitrogen and oxygen atoms in total. The van der Waals surface area contributed by atoms with Gasteiger partial charge in [0.1, 0.15) is 5.82 Å². The second kappa shape index (κ2) is 4.99. The molecule has 14 heavy (non-hydrogen) atoms. The van der Waals surface area contributed by atoms with Crippen LogP contribution in [0.2, 0.25) is 5.02 Å². The quantitative estimate of drug-likeness (QED) is 0.748. The van der Waals surface area contributed by atoms with Crippen LogP contribution < -0.4 is 5.73 Å². The maximum Gasteiger partial charge on any atom is 0.129 e. The number of hydrogen-bond acceptors (Lipinski definition) is 1. The van der Waals surface area contributed by atoms with Crippen LogP contribution in [0.15, 0.2) is 18.2 Å². The van der Waals surface area contributed by atoms with Gasteiger partial charge < -0.3 is 5.73 Å². The molecule has 0 aliphatic rings. The largest absolute Gasteiger partial charge is 0.323 e. The molecule has 1 atom stereocenters. The summed E-state index contributed by atoms with van der Waals surface area (Å²) in [6.07, 6.45) is 0.414. The number of hydrogen-bond donors (Lipinski definition) is 1. The standard InChI is InChI=1S/C11H11ClFN/c1-2-3-7-10(14)11-8(12)5-4-6-9(11)13/h4-6,10H,7,14H2,1H3. The molecular formula is C11H11ClFN. The molecule has 0 saturated heterocycles. The monoisotopic (exact) mass is 211 g/mol. The fraction of sp³-hybridized carbons (Fsp3) is 0.273. The van der Waals surface area contributed by atoms with E-state index >= 15 is 0 Å². The average Bonchev–Trinajstić information content (AvgIpc) is 2.14. The highest BCUT2D eigenvalue weighted by Gasteiger charge is 2.13. The minimum atomic E-state index is -0.462. The molecule has 3 heteroatoms. The molecule has 0 bridgehead atoms. The molecule has 0 aromatic heterocycles. The Labute approximate surface area is 88.1 Å². The molecule has 2 N–H and O–H groups in total. The Morgan fingerprint density at radius 2 is 2.29 bits per heavy atom. The van der Waals surface area contributed by atoms with Gasteiger partial charge in [0.2, 0.25) is 0 Å². The first-order valence-corrected chi connectivity index (χ1v) is 4.63. The van der Waals surface area contributed by atoms with Crippen molar-refractivity contribution < 1.29 is 4.39 Å². The van der Waals surface area contributed by atoms with Gasteiger partial charge in [0.15, 0.2) is 0 Å². The van der Waals surface area contributed by atoms with Crippen molar-refractivity contribution in [3.05, 3.63) is 34.6 Å². The first-order chi connectivity index (χ1) is 6.66. The fourth-order valence-electron chi connectivity index (χ4n) is 1.18. The molecule has 1 aromatic carbocycles. The Balaban J connectivity index is 2.97. The van der Waals surface area contributed by atoms with E-state index in [2.05, 4.69) is 11.8 Å². The van der Waals surface area contributed by atoms with Crippen molar-refractivity contribution in [2.75, 3.05) is 0 Å². The van der Waals surface area contributed by atoms with Crippen LogP contribution in [-0.2, 0) is 0 Å². The maximum absolute atomic E-state index is 13.3. The van der Waals surface area contributed by atoms with Gasteiger partial charge in [-0.1, -0.05) is 17.7 Å². The van der Waals surface area contributed by atoms with Crippen molar-refractivity contribution in [1.82, 2.24) is 0 Å². The Morgan fingerprint density at radius 3 is 2.86 bits per heavy atom. The van der Waals surface area contributed by atoms with Crippen LogP contribution in [0.1, 0.15) is 24.9 Å². The Bertz CT molecular complexity index is 358. The van der Waals surface area contributed by atoms with Gasteiger partial charge in [-0.15, -0.1) is 11.8 Å². The first-order valence-electron chi connectivity index (χ1n) is 4.26. The van der Waals surface area contributed by atoms with E-state index in [-0.39, 0.29) is 5.82 Å². The predicted octanol–water partition coefficient (Wildman–Crippen LogP) is 2.89. The van der Waals surface area contributed by atoms with Gasteiger partial charge in [-0.05, 0) is 19.1 Å². The van der Waals surface area contributed by atoms with E-state index in [0.29, 0.717) is 17.0 Å². The Morgan fingerprint density at radius 1 is 1.57 bits per heavy atom. The zero-order valence-electron chi connectivity index (χ0n) is 7.85. The van der Waals surface area contributed by atoms with E-state index in [1.807, 2.05) is 0 Å². The van der Waals surface area contributed by atoms with Crippen molar-refractivity contribution in [2.24, 2.45) is 5.73 Å². The van der Waals surface area contributed by atoms with E-state index in [1.54, 1.807) is 19.1 Å². The topological polar surface area (TPSA) is 26.0 Å². The number of halogens is 2. The average molecular weight is 212 g/mol.